The molecule has 0 unspecified atom stereocenters. The molecule has 4 aromatic rings. The molecule has 0 radical (unpaired) electrons. The monoisotopic (exact) mass is 551 g/mol. The molecule has 4 N–H and O–H groups in total. The first-order valence-corrected chi connectivity index (χ1v) is 15.2. The fourth-order valence-corrected chi connectivity index (χ4v) is 6.11. The van der Waals surface area contributed by atoms with Crippen LogP contribution in [0.4, 0.5) is 0 Å². The van der Waals surface area contributed by atoms with Crippen LogP contribution in [0.1, 0.15) is 31.4 Å². The Kier molecular flexibility index (Phi) is 8.32. The number of carbonyl (C=O) groups excluding carboxylic acids is 2. The van der Waals surface area contributed by atoms with Crippen molar-refractivity contribution < 1.29 is 18.0 Å². The van der Waals surface area contributed by atoms with Crippen molar-refractivity contribution in [3.63, 3.8) is 0 Å². The number of amides is 1. The minimum atomic E-state index is -3.63. The van der Waals surface area contributed by atoms with Gasteiger partial charge in [-0.15, -0.1) is 11.3 Å². The molecule has 0 saturated carbocycles. The molecule has 0 bridgehead atoms. The SMILES string of the molecule is CC(C)(N)C(=O)C[C@H](Cc1ccc2ccccc2c1)C(=O)N[C@H](Cc1csc2ccccc12)NS(C)(=O)=O. The molecule has 38 heavy (non-hydrogen) atoms. The maximum Gasteiger partial charge on any atom is 0.225 e. The summed E-state index contributed by atoms with van der Waals surface area (Å²) in [4.78, 5) is 26.5. The summed E-state index contributed by atoms with van der Waals surface area (Å²) in [6, 6.07) is 21.7. The summed E-state index contributed by atoms with van der Waals surface area (Å²) < 4.78 is 28.0. The lowest BCUT2D eigenvalue weighted by Crippen LogP contribution is -2.51. The van der Waals surface area contributed by atoms with Crippen molar-refractivity contribution in [3.8, 4) is 0 Å². The van der Waals surface area contributed by atoms with Crippen molar-refractivity contribution in [1.29, 1.82) is 0 Å². The number of sulfonamides is 1. The molecule has 1 heterocycles. The number of fused-ring (bicyclic) bond motifs is 2. The zero-order valence-corrected chi connectivity index (χ0v) is 23.4. The Morgan fingerprint density at radius 3 is 2.37 bits per heavy atom. The number of hydrogen-bond acceptors (Lipinski definition) is 6. The molecule has 0 fully saturated rings. The summed E-state index contributed by atoms with van der Waals surface area (Å²) in [6.45, 7) is 3.24. The highest BCUT2D eigenvalue weighted by Crippen LogP contribution is 2.27. The second kappa shape index (κ2) is 11.3. The normalized spacial score (nSPS) is 13.9. The lowest BCUT2D eigenvalue weighted by atomic mass is 9.87. The van der Waals surface area contributed by atoms with Crippen LogP contribution in [0.5, 0.6) is 0 Å². The van der Waals surface area contributed by atoms with Crippen molar-refractivity contribution >= 4 is 53.9 Å². The zero-order valence-electron chi connectivity index (χ0n) is 21.7. The van der Waals surface area contributed by atoms with Crippen molar-refractivity contribution in [2.24, 2.45) is 11.7 Å². The Labute approximate surface area is 227 Å². The molecular formula is C29H33N3O4S2. The third kappa shape index (κ3) is 7.26. The van der Waals surface area contributed by atoms with Crippen LogP contribution in [0.2, 0.25) is 0 Å². The third-order valence-electron chi connectivity index (χ3n) is 6.48. The van der Waals surface area contributed by atoms with Crippen molar-refractivity contribution in [1.82, 2.24) is 10.0 Å². The Morgan fingerprint density at radius 2 is 1.66 bits per heavy atom. The van der Waals surface area contributed by atoms with E-state index >= 15 is 0 Å². The maximum atomic E-state index is 13.6. The van der Waals surface area contributed by atoms with Gasteiger partial charge in [0.05, 0.1) is 18.0 Å². The molecule has 0 aliphatic carbocycles. The number of benzene rings is 3. The third-order valence-corrected chi connectivity index (χ3v) is 8.20. The van der Waals surface area contributed by atoms with E-state index in [0.717, 1.165) is 38.2 Å². The van der Waals surface area contributed by atoms with E-state index in [2.05, 4.69) is 10.0 Å². The van der Waals surface area contributed by atoms with E-state index in [0.29, 0.717) is 6.42 Å². The molecule has 0 saturated heterocycles. The van der Waals surface area contributed by atoms with Gasteiger partial charge < -0.3 is 11.1 Å². The molecule has 7 nitrogen and oxygen atoms in total. The van der Waals surface area contributed by atoms with Gasteiger partial charge in [0.15, 0.2) is 5.78 Å². The predicted octanol–water partition coefficient (Wildman–Crippen LogP) is 4.14. The largest absolute Gasteiger partial charge is 0.339 e. The number of carbonyl (C=O) groups is 2. The van der Waals surface area contributed by atoms with Crippen LogP contribution in [-0.4, -0.2) is 38.1 Å². The maximum absolute atomic E-state index is 13.6. The molecule has 2 atom stereocenters. The van der Waals surface area contributed by atoms with Gasteiger partial charge >= 0.3 is 0 Å². The van der Waals surface area contributed by atoms with Gasteiger partial charge in [0, 0.05) is 23.5 Å². The minimum Gasteiger partial charge on any atom is -0.339 e. The van der Waals surface area contributed by atoms with Gasteiger partial charge in [-0.3, -0.25) is 9.59 Å². The molecule has 0 aliphatic rings. The van der Waals surface area contributed by atoms with Gasteiger partial charge in [-0.25, -0.2) is 8.42 Å². The fourth-order valence-electron chi connectivity index (χ4n) is 4.48. The standard InChI is InChI=1S/C29H33N3O4S2/c1-29(2,30)26(33)16-22(15-19-12-13-20-8-4-5-9-21(20)14-19)28(34)31-27(32-38(3,35)36)17-23-18-37-25-11-7-6-10-24(23)25/h4-14,18,22,27,32H,15-17,30H2,1-3H3,(H,31,34)/t22-,27-/m0/s1. The Hall–Kier alpha value is -3.11. The topological polar surface area (TPSA) is 118 Å². The van der Waals surface area contributed by atoms with E-state index in [9.17, 15) is 18.0 Å². The van der Waals surface area contributed by atoms with Crippen LogP contribution < -0.4 is 15.8 Å². The summed E-state index contributed by atoms with van der Waals surface area (Å²) in [7, 11) is -3.63. The number of nitrogens with one attached hydrogen (secondary N) is 2. The van der Waals surface area contributed by atoms with Crippen LogP contribution in [0.15, 0.2) is 72.1 Å². The van der Waals surface area contributed by atoms with E-state index in [1.807, 2.05) is 72.1 Å². The average Bonchev–Trinajstić information content (AvgIpc) is 3.24. The smallest absolute Gasteiger partial charge is 0.225 e. The minimum absolute atomic E-state index is 0.0604. The summed E-state index contributed by atoms with van der Waals surface area (Å²) >= 11 is 1.56. The van der Waals surface area contributed by atoms with E-state index in [-0.39, 0.29) is 18.6 Å². The highest BCUT2D eigenvalue weighted by atomic mass is 32.2. The van der Waals surface area contributed by atoms with Crippen LogP contribution in [0.3, 0.4) is 0 Å². The van der Waals surface area contributed by atoms with Crippen LogP contribution >= 0.6 is 11.3 Å². The Bertz CT molecular complexity index is 1570. The summed E-state index contributed by atoms with van der Waals surface area (Å²) in [5.74, 6) is -1.37. The molecule has 0 spiro atoms. The van der Waals surface area contributed by atoms with Gasteiger partial charge in [-0.2, -0.15) is 4.72 Å². The van der Waals surface area contributed by atoms with Gasteiger partial charge in [-0.1, -0.05) is 60.7 Å². The fraction of sp³-hybridized carbons (Fsp3) is 0.310. The van der Waals surface area contributed by atoms with Crippen molar-refractivity contribution in [2.75, 3.05) is 6.26 Å². The van der Waals surface area contributed by atoms with Gasteiger partial charge in [0.25, 0.3) is 0 Å². The number of Topliss-reactive ketones (excluding diaryl/α,β-unsaturated/α-hetero) is 1. The average molecular weight is 552 g/mol. The van der Waals surface area contributed by atoms with E-state index in [1.165, 1.54) is 0 Å². The van der Waals surface area contributed by atoms with Crippen LogP contribution in [0, 0.1) is 5.92 Å². The first-order valence-electron chi connectivity index (χ1n) is 12.4. The molecule has 200 valence electrons. The molecule has 0 aliphatic heterocycles. The van der Waals surface area contributed by atoms with Gasteiger partial charge in [0.2, 0.25) is 15.9 Å². The zero-order chi connectivity index (χ0) is 27.5. The lowest BCUT2D eigenvalue weighted by Gasteiger charge is -2.25. The van der Waals surface area contributed by atoms with Gasteiger partial charge in [0.1, 0.15) is 0 Å². The summed E-state index contributed by atoms with van der Waals surface area (Å²) in [6.07, 6.45) is 0.698. The molecule has 4 rings (SSSR count). The highest BCUT2D eigenvalue weighted by molar-refractivity contribution is 7.88. The van der Waals surface area contributed by atoms with Crippen molar-refractivity contribution in [3.05, 3.63) is 83.2 Å². The number of hydrogen-bond donors (Lipinski definition) is 3. The second-order valence-electron chi connectivity index (χ2n) is 10.3. The van der Waals surface area contributed by atoms with Crippen molar-refractivity contribution in [2.45, 2.75) is 44.8 Å². The molecule has 3 aromatic carbocycles. The summed E-state index contributed by atoms with van der Waals surface area (Å²) in [5.41, 5.74) is 6.79. The lowest BCUT2D eigenvalue weighted by molar-refractivity contribution is -0.131. The first kappa shape index (κ1) is 27.9. The number of thiophene rings is 1. The van der Waals surface area contributed by atoms with Crippen LogP contribution in [0.25, 0.3) is 20.9 Å². The number of rotatable bonds is 11. The second-order valence-corrected chi connectivity index (χ2v) is 13.0. The quantitative estimate of drug-likeness (QED) is 0.242. The first-order chi connectivity index (χ1) is 17.9. The van der Waals surface area contributed by atoms with Gasteiger partial charge in [-0.05, 0) is 59.0 Å². The summed E-state index contributed by atoms with van der Waals surface area (Å²) in [5, 5.41) is 7.98. The Balaban J connectivity index is 1.60. The number of ketones is 1. The molecule has 9 heteroatoms. The van der Waals surface area contributed by atoms with E-state index in [1.54, 1.807) is 25.2 Å². The highest BCUT2D eigenvalue weighted by Gasteiger charge is 2.31. The predicted molar refractivity (Wildman–Crippen MR) is 154 cm³/mol. The Morgan fingerprint density at radius 1 is 0.974 bits per heavy atom. The number of nitrogens with two attached hydrogens (primary N) is 1. The van der Waals surface area contributed by atoms with E-state index in [4.69, 9.17) is 5.73 Å². The molecule has 1 amide bonds. The van der Waals surface area contributed by atoms with Crippen LogP contribution in [-0.2, 0) is 32.5 Å². The van der Waals surface area contributed by atoms with E-state index < -0.39 is 33.6 Å². The molecular weight excluding hydrogens is 518 g/mol. The molecule has 1 aromatic heterocycles.